The Morgan fingerprint density at radius 2 is 1.26 bits per heavy atom. The first-order valence-electron chi connectivity index (χ1n) is 9.70. The van der Waals surface area contributed by atoms with Crippen LogP contribution in [0.5, 0.6) is 5.75 Å². The minimum absolute atomic E-state index is 0.0653. The third-order valence-corrected chi connectivity index (χ3v) is 8.56. The molecule has 1 aliphatic heterocycles. The Morgan fingerprint density at radius 3 is 1.77 bits per heavy atom. The molecule has 1 saturated heterocycles. The number of aryl methyl sites for hydroxylation is 2. The van der Waals surface area contributed by atoms with Gasteiger partial charge in [0.2, 0.25) is 19.7 Å². The van der Waals surface area contributed by atoms with Gasteiger partial charge in [0.1, 0.15) is 23.4 Å². The molecule has 162 valence electrons. The molecule has 0 amide bonds. The normalized spacial score (nSPS) is 16.1. The number of hydrogen-bond acceptors (Lipinski definition) is 6. The van der Waals surface area contributed by atoms with Gasteiger partial charge in [-0.15, -0.1) is 0 Å². The van der Waals surface area contributed by atoms with Crippen LogP contribution in [0, 0.1) is 13.8 Å². The molecule has 0 spiro atoms. The number of epoxide rings is 1. The fraction of sp³-hybridized carbons (Fsp3) is 0.217. The van der Waals surface area contributed by atoms with E-state index in [2.05, 4.69) is 0 Å². The third kappa shape index (κ3) is 4.51. The third-order valence-electron chi connectivity index (χ3n) is 5.00. The number of ether oxygens (including phenoxy) is 2. The van der Waals surface area contributed by atoms with Gasteiger partial charge in [0, 0.05) is 0 Å². The highest BCUT2D eigenvalue weighted by molar-refractivity contribution is 7.92. The second kappa shape index (κ2) is 8.11. The number of rotatable bonds is 7. The molecule has 1 heterocycles. The van der Waals surface area contributed by atoms with Gasteiger partial charge < -0.3 is 9.47 Å². The Morgan fingerprint density at radius 1 is 0.774 bits per heavy atom. The van der Waals surface area contributed by atoms with Crippen LogP contribution in [0.1, 0.15) is 11.1 Å². The van der Waals surface area contributed by atoms with Crippen molar-refractivity contribution in [3.63, 3.8) is 0 Å². The average Bonchev–Trinajstić information content (AvgIpc) is 3.57. The van der Waals surface area contributed by atoms with Gasteiger partial charge in [0.05, 0.1) is 21.3 Å². The molecule has 0 aliphatic carbocycles. The van der Waals surface area contributed by atoms with E-state index < -0.39 is 19.7 Å². The van der Waals surface area contributed by atoms with Crippen molar-refractivity contribution in [3.05, 3.63) is 77.9 Å². The quantitative estimate of drug-likeness (QED) is 0.501. The first-order chi connectivity index (χ1) is 14.7. The largest absolute Gasteiger partial charge is 0.489 e. The SMILES string of the molecule is Cc1ccc(S(=O)(=O)c2ccc(OCC3CO3)c(S(=O)(=O)c3ccc(C)cc3)c2)cc1. The van der Waals surface area contributed by atoms with Crippen LogP contribution in [-0.4, -0.2) is 36.2 Å². The monoisotopic (exact) mass is 458 g/mol. The molecule has 1 fully saturated rings. The summed E-state index contributed by atoms with van der Waals surface area (Å²) < 4.78 is 63.8. The molecular formula is C23H22O6S2. The van der Waals surface area contributed by atoms with Gasteiger partial charge in [0.15, 0.2) is 0 Å². The maximum atomic E-state index is 13.4. The zero-order chi connectivity index (χ0) is 22.2. The summed E-state index contributed by atoms with van der Waals surface area (Å²) in [6.45, 7) is 4.47. The molecule has 1 atom stereocenters. The van der Waals surface area contributed by atoms with Crippen LogP contribution in [0.4, 0.5) is 0 Å². The first-order valence-corrected chi connectivity index (χ1v) is 12.7. The maximum Gasteiger partial charge on any atom is 0.210 e. The molecule has 4 rings (SSSR count). The highest BCUT2D eigenvalue weighted by Crippen LogP contribution is 2.34. The topological polar surface area (TPSA) is 90.0 Å². The van der Waals surface area contributed by atoms with Crippen LogP contribution in [0.25, 0.3) is 0 Å². The average molecular weight is 459 g/mol. The maximum absolute atomic E-state index is 13.4. The number of benzene rings is 3. The van der Waals surface area contributed by atoms with Crippen LogP contribution < -0.4 is 4.74 Å². The van der Waals surface area contributed by atoms with E-state index in [1.807, 2.05) is 13.8 Å². The summed E-state index contributed by atoms with van der Waals surface area (Å²) in [6, 6.07) is 16.7. The predicted octanol–water partition coefficient (Wildman–Crippen LogP) is 3.75. The standard InChI is InChI=1S/C23H22O6S2/c1-16-3-7-19(8-4-16)30(24,25)21-11-12-22(29-15-18-14-28-18)23(13-21)31(26,27)20-9-5-17(2)6-10-20/h3-13,18H,14-15H2,1-2H3. The second-order valence-electron chi connectivity index (χ2n) is 7.51. The lowest BCUT2D eigenvalue weighted by molar-refractivity contribution is 0.257. The molecule has 0 radical (unpaired) electrons. The van der Waals surface area contributed by atoms with Gasteiger partial charge >= 0.3 is 0 Å². The molecule has 0 saturated carbocycles. The van der Waals surface area contributed by atoms with Crippen LogP contribution >= 0.6 is 0 Å². The summed E-state index contributed by atoms with van der Waals surface area (Å²) in [5.74, 6) is 0.0962. The summed E-state index contributed by atoms with van der Waals surface area (Å²) in [5.41, 5.74) is 1.84. The number of sulfone groups is 2. The predicted molar refractivity (Wildman–Crippen MR) is 115 cm³/mol. The summed E-state index contributed by atoms with van der Waals surface area (Å²) in [5, 5.41) is 0. The summed E-state index contributed by atoms with van der Waals surface area (Å²) in [4.78, 5) is -0.144. The van der Waals surface area contributed by atoms with Crippen LogP contribution in [0.2, 0.25) is 0 Å². The molecule has 0 N–H and O–H groups in total. The van der Waals surface area contributed by atoms with Crippen LogP contribution in [0.3, 0.4) is 0 Å². The lowest BCUT2D eigenvalue weighted by Crippen LogP contribution is -2.11. The Balaban J connectivity index is 1.82. The molecule has 6 nitrogen and oxygen atoms in total. The highest BCUT2D eigenvalue weighted by Gasteiger charge is 2.29. The Kier molecular flexibility index (Phi) is 5.63. The van der Waals surface area contributed by atoms with E-state index in [0.717, 1.165) is 11.1 Å². The van der Waals surface area contributed by atoms with Gasteiger partial charge in [-0.1, -0.05) is 35.4 Å². The number of hydrogen-bond donors (Lipinski definition) is 0. The molecule has 1 aliphatic rings. The van der Waals surface area contributed by atoms with Crippen molar-refractivity contribution in [1.29, 1.82) is 0 Å². The Hall–Kier alpha value is -2.68. The molecule has 1 unspecified atom stereocenters. The van der Waals surface area contributed by atoms with Gasteiger partial charge in [-0.05, 0) is 56.3 Å². The fourth-order valence-corrected chi connectivity index (χ4v) is 5.81. The van der Waals surface area contributed by atoms with Crippen molar-refractivity contribution < 1.29 is 26.3 Å². The van der Waals surface area contributed by atoms with Crippen molar-refractivity contribution in [2.24, 2.45) is 0 Å². The Labute approximate surface area is 182 Å². The van der Waals surface area contributed by atoms with E-state index in [1.54, 1.807) is 24.3 Å². The molecule has 8 heteroatoms. The van der Waals surface area contributed by atoms with Crippen molar-refractivity contribution in [2.45, 2.75) is 39.5 Å². The van der Waals surface area contributed by atoms with Gasteiger partial charge in [-0.25, -0.2) is 16.8 Å². The van der Waals surface area contributed by atoms with Gasteiger partial charge in [0.25, 0.3) is 0 Å². The van der Waals surface area contributed by atoms with E-state index in [0.29, 0.717) is 6.61 Å². The molecule has 3 aromatic carbocycles. The van der Waals surface area contributed by atoms with Crippen molar-refractivity contribution in [3.8, 4) is 5.75 Å². The fourth-order valence-electron chi connectivity index (χ4n) is 3.03. The second-order valence-corrected chi connectivity index (χ2v) is 11.4. The minimum atomic E-state index is -4.02. The van der Waals surface area contributed by atoms with E-state index in [9.17, 15) is 16.8 Å². The molecule has 31 heavy (non-hydrogen) atoms. The van der Waals surface area contributed by atoms with E-state index in [-0.39, 0.29) is 38.0 Å². The first kappa shape index (κ1) is 21.5. The van der Waals surface area contributed by atoms with Gasteiger partial charge in [-0.2, -0.15) is 0 Å². The van der Waals surface area contributed by atoms with E-state index >= 15 is 0 Å². The zero-order valence-electron chi connectivity index (χ0n) is 17.1. The molecule has 0 bridgehead atoms. The molecule has 0 aromatic heterocycles. The van der Waals surface area contributed by atoms with Crippen molar-refractivity contribution >= 4 is 19.7 Å². The lowest BCUT2D eigenvalue weighted by atomic mass is 10.2. The van der Waals surface area contributed by atoms with Crippen molar-refractivity contribution in [2.75, 3.05) is 13.2 Å². The minimum Gasteiger partial charge on any atom is -0.489 e. The Bertz CT molecular complexity index is 1310. The van der Waals surface area contributed by atoms with E-state index in [4.69, 9.17) is 9.47 Å². The van der Waals surface area contributed by atoms with Crippen molar-refractivity contribution in [1.82, 2.24) is 0 Å². The summed E-state index contributed by atoms with van der Waals surface area (Å²) in [6.07, 6.45) is -0.0779. The highest BCUT2D eigenvalue weighted by atomic mass is 32.2. The van der Waals surface area contributed by atoms with Crippen LogP contribution in [0.15, 0.2) is 86.3 Å². The smallest absolute Gasteiger partial charge is 0.210 e. The van der Waals surface area contributed by atoms with Gasteiger partial charge in [-0.3, -0.25) is 0 Å². The molecular weight excluding hydrogens is 436 g/mol. The lowest BCUT2D eigenvalue weighted by Gasteiger charge is -2.14. The zero-order valence-corrected chi connectivity index (χ0v) is 18.7. The van der Waals surface area contributed by atoms with Crippen LogP contribution in [-0.2, 0) is 24.4 Å². The summed E-state index contributed by atoms with van der Waals surface area (Å²) in [7, 11) is -7.92. The molecule has 3 aromatic rings. The van der Waals surface area contributed by atoms with E-state index in [1.165, 1.54) is 42.5 Å². The summed E-state index contributed by atoms with van der Waals surface area (Å²) >= 11 is 0.